The van der Waals surface area contributed by atoms with Crippen LogP contribution in [0, 0.1) is 5.92 Å². The maximum absolute atomic E-state index is 5.52. The average Bonchev–Trinajstić information content (AvgIpc) is 2.68. The van der Waals surface area contributed by atoms with Gasteiger partial charge in [-0.25, -0.2) is 4.98 Å². The van der Waals surface area contributed by atoms with Gasteiger partial charge in [-0.15, -0.1) is 0 Å². The molecule has 0 radical (unpaired) electrons. The molecule has 0 amide bonds. The first kappa shape index (κ1) is 14.2. The first-order valence-electron chi connectivity index (χ1n) is 6.45. The van der Waals surface area contributed by atoms with Crippen LogP contribution in [-0.2, 0) is 18.2 Å². The molecule has 0 saturated carbocycles. The van der Waals surface area contributed by atoms with Crippen LogP contribution in [0.25, 0.3) is 0 Å². The summed E-state index contributed by atoms with van der Waals surface area (Å²) < 4.78 is 7.58. The van der Waals surface area contributed by atoms with Crippen LogP contribution in [0.2, 0.25) is 0 Å². The number of hydrogen-bond donors (Lipinski definition) is 1. The lowest BCUT2D eigenvalue weighted by Crippen LogP contribution is -2.23. The number of hydrogen-bond acceptors (Lipinski definition) is 3. The number of aryl methyl sites for hydroxylation is 1. The SMILES string of the molecule is CC(C)CCOCCNCCc1nccn1C. The molecule has 0 bridgehead atoms. The minimum atomic E-state index is 0.728. The van der Waals surface area contributed by atoms with E-state index in [2.05, 4.69) is 28.7 Å². The molecule has 0 fully saturated rings. The van der Waals surface area contributed by atoms with E-state index in [1.54, 1.807) is 0 Å². The Kier molecular flexibility index (Phi) is 6.89. The first-order valence-corrected chi connectivity index (χ1v) is 6.45. The van der Waals surface area contributed by atoms with Crippen molar-refractivity contribution in [3.8, 4) is 0 Å². The van der Waals surface area contributed by atoms with Crippen molar-refractivity contribution in [1.82, 2.24) is 14.9 Å². The van der Waals surface area contributed by atoms with Gasteiger partial charge in [0.05, 0.1) is 6.61 Å². The molecule has 1 N–H and O–H groups in total. The van der Waals surface area contributed by atoms with Crippen LogP contribution in [0.4, 0.5) is 0 Å². The topological polar surface area (TPSA) is 39.1 Å². The second-order valence-corrected chi connectivity index (χ2v) is 4.75. The summed E-state index contributed by atoms with van der Waals surface area (Å²) in [6, 6.07) is 0. The van der Waals surface area contributed by atoms with E-state index in [9.17, 15) is 0 Å². The molecule has 1 aromatic heterocycles. The predicted octanol–water partition coefficient (Wildman–Crippen LogP) is 1.61. The van der Waals surface area contributed by atoms with Crippen LogP contribution in [0.3, 0.4) is 0 Å². The first-order chi connectivity index (χ1) is 8.20. The largest absolute Gasteiger partial charge is 0.380 e. The normalized spacial score (nSPS) is 11.3. The Morgan fingerprint density at radius 1 is 1.35 bits per heavy atom. The second-order valence-electron chi connectivity index (χ2n) is 4.75. The zero-order valence-electron chi connectivity index (χ0n) is 11.3. The van der Waals surface area contributed by atoms with Gasteiger partial charge in [0, 0.05) is 45.6 Å². The van der Waals surface area contributed by atoms with Crippen molar-refractivity contribution in [1.29, 1.82) is 0 Å². The lowest BCUT2D eigenvalue weighted by atomic mass is 10.1. The highest BCUT2D eigenvalue weighted by atomic mass is 16.5. The zero-order valence-corrected chi connectivity index (χ0v) is 11.3. The molecule has 98 valence electrons. The van der Waals surface area contributed by atoms with Crippen molar-refractivity contribution in [2.24, 2.45) is 13.0 Å². The molecular formula is C13H25N3O. The number of rotatable bonds is 9. The molecule has 17 heavy (non-hydrogen) atoms. The second kappa shape index (κ2) is 8.25. The number of nitrogens with zero attached hydrogens (tertiary/aromatic N) is 2. The lowest BCUT2D eigenvalue weighted by molar-refractivity contribution is 0.125. The third-order valence-corrected chi connectivity index (χ3v) is 2.71. The molecule has 0 saturated heterocycles. The van der Waals surface area contributed by atoms with Crippen molar-refractivity contribution in [3.05, 3.63) is 18.2 Å². The highest BCUT2D eigenvalue weighted by Gasteiger charge is 1.98. The van der Waals surface area contributed by atoms with Crippen LogP contribution in [0.1, 0.15) is 26.1 Å². The number of imidazole rings is 1. The molecule has 4 nitrogen and oxygen atoms in total. The third-order valence-electron chi connectivity index (χ3n) is 2.71. The molecule has 4 heteroatoms. The van der Waals surface area contributed by atoms with E-state index in [-0.39, 0.29) is 0 Å². The van der Waals surface area contributed by atoms with Gasteiger partial charge in [0.25, 0.3) is 0 Å². The van der Waals surface area contributed by atoms with Gasteiger partial charge in [0.2, 0.25) is 0 Å². The highest BCUT2D eigenvalue weighted by molar-refractivity contribution is 4.91. The third kappa shape index (κ3) is 6.44. The van der Waals surface area contributed by atoms with Crippen LogP contribution in [-0.4, -0.2) is 35.9 Å². The Labute approximate surface area is 104 Å². The molecule has 0 atom stereocenters. The summed E-state index contributed by atoms with van der Waals surface area (Å²) >= 11 is 0. The summed E-state index contributed by atoms with van der Waals surface area (Å²) in [6.45, 7) is 7.98. The standard InChI is InChI=1S/C13H25N3O/c1-12(2)5-10-17-11-8-14-6-4-13-15-7-9-16(13)3/h7,9,12,14H,4-6,8,10-11H2,1-3H3. The Balaban J connectivity index is 1.90. The van der Waals surface area contributed by atoms with E-state index in [0.29, 0.717) is 0 Å². The van der Waals surface area contributed by atoms with Crippen molar-refractivity contribution >= 4 is 0 Å². The monoisotopic (exact) mass is 239 g/mol. The Hall–Kier alpha value is -0.870. The predicted molar refractivity (Wildman–Crippen MR) is 70.1 cm³/mol. The quantitative estimate of drug-likeness (QED) is 0.666. The van der Waals surface area contributed by atoms with Gasteiger partial charge in [0.1, 0.15) is 5.82 Å². The lowest BCUT2D eigenvalue weighted by Gasteiger charge is -2.07. The average molecular weight is 239 g/mol. The van der Waals surface area contributed by atoms with Gasteiger partial charge in [-0.3, -0.25) is 0 Å². The van der Waals surface area contributed by atoms with Gasteiger partial charge in [-0.1, -0.05) is 13.8 Å². The van der Waals surface area contributed by atoms with Crippen molar-refractivity contribution in [2.75, 3.05) is 26.3 Å². The molecule has 1 heterocycles. The van der Waals surface area contributed by atoms with E-state index in [0.717, 1.165) is 50.9 Å². The van der Waals surface area contributed by atoms with Crippen molar-refractivity contribution in [3.63, 3.8) is 0 Å². The molecule has 0 aliphatic carbocycles. The molecule has 0 aliphatic heterocycles. The fourth-order valence-corrected chi connectivity index (χ4v) is 1.53. The van der Waals surface area contributed by atoms with Crippen LogP contribution in [0.5, 0.6) is 0 Å². The number of ether oxygens (including phenoxy) is 1. The summed E-state index contributed by atoms with van der Waals surface area (Å²) in [5.74, 6) is 1.85. The molecule has 0 spiro atoms. The van der Waals surface area contributed by atoms with Crippen molar-refractivity contribution < 1.29 is 4.74 Å². The fourth-order valence-electron chi connectivity index (χ4n) is 1.53. The maximum Gasteiger partial charge on any atom is 0.109 e. The molecular weight excluding hydrogens is 214 g/mol. The van der Waals surface area contributed by atoms with E-state index in [1.165, 1.54) is 0 Å². The zero-order chi connectivity index (χ0) is 12.5. The van der Waals surface area contributed by atoms with Gasteiger partial charge in [0.15, 0.2) is 0 Å². The molecule has 1 rings (SSSR count). The Morgan fingerprint density at radius 2 is 2.18 bits per heavy atom. The van der Waals surface area contributed by atoms with E-state index in [1.807, 2.05) is 19.4 Å². The van der Waals surface area contributed by atoms with Gasteiger partial charge < -0.3 is 14.6 Å². The molecule has 0 unspecified atom stereocenters. The van der Waals surface area contributed by atoms with Gasteiger partial charge in [-0.2, -0.15) is 0 Å². The van der Waals surface area contributed by atoms with Crippen LogP contribution >= 0.6 is 0 Å². The number of nitrogens with one attached hydrogen (secondary N) is 1. The maximum atomic E-state index is 5.52. The van der Waals surface area contributed by atoms with E-state index < -0.39 is 0 Å². The van der Waals surface area contributed by atoms with Crippen LogP contribution < -0.4 is 5.32 Å². The Bertz CT molecular complexity index is 297. The highest BCUT2D eigenvalue weighted by Crippen LogP contribution is 1.98. The molecule has 0 aliphatic rings. The van der Waals surface area contributed by atoms with Crippen molar-refractivity contribution in [2.45, 2.75) is 26.7 Å². The summed E-state index contributed by atoms with van der Waals surface area (Å²) in [6.07, 6.45) is 5.93. The molecule has 0 aromatic carbocycles. The summed E-state index contributed by atoms with van der Waals surface area (Å²) in [4.78, 5) is 4.27. The summed E-state index contributed by atoms with van der Waals surface area (Å²) in [7, 11) is 2.03. The Morgan fingerprint density at radius 3 is 2.82 bits per heavy atom. The fraction of sp³-hybridized carbons (Fsp3) is 0.769. The van der Waals surface area contributed by atoms with Gasteiger partial charge in [-0.05, 0) is 12.3 Å². The molecule has 1 aromatic rings. The minimum absolute atomic E-state index is 0.728. The number of aromatic nitrogens is 2. The smallest absolute Gasteiger partial charge is 0.109 e. The minimum Gasteiger partial charge on any atom is -0.380 e. The van der Waals surface area contributed by atoms with Gasteiger partial charge >= 0.3 is 0 Å². The van der Waals surface area contributed by atoms with Crippen LogP contribution in [0.15, 0.2) is 12.4 Å². The van der Waals surface area contributed by atoms with E-state index in [4.69, 9.17) is 4.74 Å². The van der Waals surface area contributed by atoms with E-state index >= 15 is 0 Å². The summed E-state index contributed by atoms with van der Waals surface area (Å²) in [5.41, 5.74) is 0. The summed E-state index contributed by atoms with van der Waals surface area (Å²) in [5, 5.41) is 3.36.